The Morgan fingerprint density at radius 2 is 2.00 bits per heavy atom. The summed E-state index contributed by atoms with van der Waals surface area (Å²) < 4.78 is 5.67. The number of aromatic carboxylic acids is 1. The quantitative estimate of drug-likeness (QED) is 0.704. The van der Waals surface area contributed by atoms with Gasteiger partial charge in [0.2, 0.25) is 5.91 Å². The van der Waals surface area contributed by atoms with E-state index in [4.69, 9.17) is 9.84 Å². The minimum atomic E-state index is -1.17. The molecule has 2 amide bonds. The van der Waals surface area contributed by atoms with Crippen molar-refractivity contribution in [1.29, 1.82) is 0 Å². The van der Waals surface area contributed by atoms with Gasteiger partial charge in [-0.1, -0.05) is 15.9 Å². The predicted octanol–water partition coefficient (Wildman–Crippen LogP) is 0.693. The number of hydrogen-bond donors (Lipinski definition) is 3. The highest BCUT2D eigenvalue weighted by atomic mass is 79.9. The second-order valence-corrected chi connectivity index (χ2v) is 4.38. The maximum absolute atomic E-state index is 11.3. The van der Waals surface area contributed by atoms with E-state index in [-0.39, 0.29) is 11.3 Å². The number of hydrazine groups is 1. The Balaban J connectivity index is 2.65. The number of hydrogen-bond acceptors (Lipinski definition) is 4. The van der Waals surface area contributed by atoms with Crippen LogP contribution in [0.3, 0.4) is 0 Å². The Hall–Kier alpha value is -2.09. The molecule has 0 saturated carbocycles. The van der Waals surface area contributed by atoms with Crippen molar-refractivity contribution in [2.75, 3.05) is 6.61 Å². The van der Waals surface area contributed by atoms with Gasteiger partial charge in [-0.15, -0.1) is 0 Å². The van der Waals surface area contributed by atoms with Crippen LogP contribution in [0.25, 0.3) is 0 Å². The summed E-state index contributed by atoms with van der Waals surface area (Å²) in [4.78, 5) is 32.8. The van der Waals surface area contributed by atoms with Crippen LogP contribution < -0.4 is 15.6 Å². The lowest BCUT2D eigenvalue weighted by Crippen LogP contribution is -2.42. The van der Waals surface area contributed by atoms with Gasteiger partial charge in [0.25, 0.3) is 5.91 Å². The van der Waals surface area contributed by atoms with Crippen LogP contribution in [-0.4, -0.2) is 29.5 Å². The Morgan fingerprint density at radius 3 is 2.58 bits per heavy atom. The summed E-state index contributed by atoms with van der Waals surface area (Å²) in [6.07, 6.45) is 0. The largest absolute Gasteiger partial charge is 0.483 e. The number of benzene rings is 1. The van der Waals surface area contributed by atoms with Crippen molar-refractivity contribution in [2.45, 2.75) is 6.92 Å². The number of carboxylic acid groups (broad SMARTS) is 1. The molecule has 0 unspecified atom stereocenters. The first-order valence-corrected chi connectivity index (χ1v) is 5.90. The van der Waals surface area contributed by atoms with Crippen molar-refractivity contribution < 1.29 is 24.2 Å². The first-order valence-electron chi connectivity index (χ1n) is 5.11. The fraction of sp³-hybridized carbons (Fsp3) is 0.182. The second kappa shape index (κ2) is 6.74. The first kappa shape index (κ1) is 15.0. The zero-order chi connectivity index (χ0) is 14.4. The van der Waals surface area contributed by atoms with Gasteiger partial charge in [-0.25, -0.2) is 4.79 Å². The monoisotopic (exact) mass is 330 g/mol. The average Bonchev–Trinajstić information content (AvgIpc) is 2.34. The Morgan fingerprint density at radius 1 is 1.32 bits per heavy atom. The molecule has 7 nitrogen and oxygen atoms in total. The lowest BCUT2D eigenvalue weighted by molar-refractivity contribution is -0.129. The number of carbonyl (C=O) groups is 3. The van der Waals surface area contributed by atoms with E-state index in [0.29, 0.717) is 4.47 Å². The van der Waals surface area contributed by atoms with Gasteiger partial charge < -0.3 is 9.84 Å². The van der Waals surface area contributed by atoms with Gasteiger partial charge in [0.1, 0.15) is 11.3 Å². The van der Waals surface area contributed by atoms with Crippen molar-refractivity contribution in [3.8, 4) is 5.75 Å². The van der Waals surface area contributed by atoms with Gasteiger partial charge in [-0.2, -0.15) is 0 Å². The van der Waals surface area contributed by atoms with Crippen molar-refractivity contribution in [2.24, 2.45) is 0 Å². The van der Waals surface area contributed by atoms with E-state index in [0.717, 1.165) is 0 Å². The Labute approximate surface area is 117 Å². The molecule has 0 fully saturated rings. The fourth-order valence-electron chi connectivity index (χ4n) is 1.13. The smallest absolute Gasteiger partial charge is 0.339 e. The average molecular weight is 331 g/mol. The van der Waals surface area contributed by atoms with E-state index in [2.05, 4.69) is 26.8 Å². The van der Waals surface area contributed by atoms with Crippen LogP contribution in [0.2, 0.25) is 0 Å². The summed E-state index contributed by atoms with van der Waals surface area (Å²) >= 11 is 3.14. The Kier molecular flexibility index (Phi) is 5.31. The van der Waals surface area contributed by atoms with Crippen LogP contribution in [0.5, 0.6) is 5.75 Å². The molecule has 0 aromatic heterocycles. The molecule has 0 saturated heterocycles. The van der Waals surface area contributed by atoms with Crippen LogP contribution in [-0.2, 0) is 9.59 Å². The molecule has 8 heteroatoms. The van der Waals surface area contributed by atoms with Crippen molar-refractivity contribution in [3.05, 3.63) is 28.2 Å². The predicted molar refractivity (Wildman–Crippen MR) is 68.6 cm³/mol. The van der Waals surface area contributed by atoms with E-state index in [1.54, 1.807) is 6.07 Å². The van der Waals surface area contributed by atoms with E-state index in [1.165, 1.54) is 19.1 Å². The number of carboxylic acids is 1. The standard InChI is InChI=1S/C11H11BrN2O5/c1-6(15)13-14-10(16)5-19-9-3-2-7(12)4-8(9)11(17)18/h2-4H,5H2,1H3,(H,13,15)(H,14,16)(H,17,18). The lowest BCUT2D eigenvalue weighted by atomic mass is 10.2. The van der Waals surface area contributed by atoms with Gasteiger partial charge >= 0.3 is 5.97 Å². The van der Waals surface area contributed by atoms with Crippen LogP contribution in [0.15, 0.2) is 22.7 Å². The maximum atomic E-state index is 11.3. The van der Waals surface area contributed by atoms with Gasteiger partial charge in [0.15, 0.2) is 6.61 Å². The number of carbonyl (C=O) groups excluding carboxylic acids is 2. The highest BCUT2D eigenvalue weighted by Crippen LogP contribution is 2.23. The molecule has 0 heterocycles. The normalized spacial score (nSPS) is 9.58. The molecule has 0 aliphatic carbocycles. The molecule has 3 N–H and O–H groups in total. The molecular weight excluding hydrogens is 320 g/mol. The van der Waals surface area contributed by atoms with E-state index in [1.807, 2.05) is 0 Å². The zero-order valence-corrected chi connectivity index (χ0v) is 11.5. The molecule has 0 aliphatic heterocycles. The zero-order valence-electron chi connectivity index (χ0n) is 9.90. The van der Waals surface area contributed by atoms with E-state index in [9.17, 15) is 14.4 Å². The van der Waals surface area contributed by atoms with Crippen molar-refractivity contribution in [3.63, 3.8) is 0 Å². The molecule has 0 bridgehead atoms. The van der Waals surface area contributed by atoms with E-state index < -0.39 is 24.4 Å². The fourth-order valence-corrected chi connectivity index (χ4v) is 1.49. The molecule has 1 rings (SSSR count). The van der Waals surface area contributed by atoms with Gasteiger partial charge in [-0.3, -0.25) is 20.4 Å². The molecule has 0 aliphatic rings. The summed E-state index contributed by atoms with van der Waals surface area (Å²) in [6, 6.07) is 4.39. The number of rotatable bonds is 4. The molecule has 1 aromatic rings. The minimum Gasteiger partial charge on any atom is -0.483 e. The number of ether oxygens (including phenoxy) is 1. The highest BCUT2D eigenvalue weighted by molar-refractivity contribution is 9.10. The Bertz CT molecular complexity index is 518. The molecule has 19 heavy (non-hydrogen) atoms. The summed E-state index contributed by atoms with van der Waals surface area (Å²) in [6.45, 7) is 0.820. The van der Waals surface area contributed by atoms with Crippen molar-refractivity contribution in [1.82, 2.24) is 10.9 Å². The molecule has 0 spiro atoms. The van der Waals surface area contributed by atoms with Gasteiger partial charge in [-0.05, 0) is 18.2 Å². The highest BCUT2D eigenvalue weighted by Gasteiger charge is 2.13. The van der Waals surface area contributed by atoms with Gasteiger partial charge in [0.05, 0.1) is 0 Å². The van der Waals surface area contributed by atoms with Gasteiger partial charge in [0, 0.05) is 11.4 Å². The summed E-state index contributed by atoms with van der Waals surface area (Å²) in [5.41, 5.74) is 4.11. The molecule has 0 radical (unpaired) electrons. The number of amides is 2. The molecule has 1 aromatic carbocycles. The SMILES string of the molecule is CC(=O)NNC(=O)COc1ccc(Br)cc1C(=O)O. The topological polar surface area (TPSA) is 105 Å². The van der Waals surface area contributed by atoms with Crippen LogP contribution in [0.4, 0.5) is 0 Å². The molecule has 102 valence electrons. The second-order valence-electron chi connectivity index (χ2n) is 3.46. The first-order chi connectivity index (χ1) is 8.90. The summed E-state index contributed by atoms with van der Waals surface area (Å²) in [5, 5.41) is 8.97. The van der Waals surface area contributed by atoms with E-state index >= 15 is 0 Å². The number of nitrogens with one attached hydrogen (secondary N) is 2. The third-order valence-electron chi connectivity index (χ3n) is 1.91. The van der Waals surface area contributed by atoms with Crippen LogP contribution in [0, 0.1) is 0 Å². The third-order valence-corrected chi connectivity index (χ3v) is 2.40. The summed E-state index contributed by atoms with van der Waals surface area (Å²) in [5.74, 6) is -2.13. The minimum absolute atomic E-state index is 0.0636. The van der Waals surface area contributed by atoms with Crippen molar-refractivity contribution >= 4 is 33.7 Å². The molecular formula is C11H11BrN2O5. The summed E-state index contributed by atoms with van der Waals surface area (Å²) in [7, 11) is 0. The van der Waals surface area contributed by atoms with Crippen LogP contribution in [0.1, 0.15) is 17.3 Å². The third kappa shape index (κ3) is 4.96. The lowest BCUT2D eigenvalue weighted by Gasteiger charge is -2.09. The maximum Gasteiger partial charge on any atom is 0.339 e. The molecule has 0 atom stereocenters. The van der Waals surface area contributed by atoms with Crippen LogP contribution >= 0.6 is 15.9 Å². The number of halogens is 1.